The number of esters is 1. The molecule has 0 fully saturated rings. The van der Waals surface area contributed by atoms with Crippen LogP contribution in [0.5, 0.6) is 17.2 Å². The number of hydrogen-bond donors (Lipinski definition) is 1. The lowest BCUT2D eigenvalue weighted by Gasteiger charge is -2.13. The zero-order chi connectivity index (χ0) is 20.5. The van der Waals surface area contributed by atoms with Gasteiger partial charge in [0.05, 0.1) is 26.9 Å². The van der Waals surface area contributed by atoms with Gasteiger partial charge in [-0.2, -0.15) is 0 Å². The average molecular weight is 387 g/mol. The number of rotatable bonds is 9. The Kier molecular flexibility index (Phi) is 7.68. The molecule has 0 bridgehead atoms. The maximum atomic E-state index is 12.3. The topological polar surface area (TPSA) is 83.1 Å². The largest absolute Gasteiger partial charge is 0.493 e. The summed E-state index contributed by atoms with van der Waals surface area (Å²) in [6, 6.07) is 10.9. The van der Waals surface area contributed by atoms with Crippen molar-refractivity contribution in [3.63, 3.8) is 0 Å². The van der Waals surface area contributed by atoms with Crippen LogP contribution in [0.3, 0.4) is 0 Å². The Hall–Kier alpha value is -3.22. The molecule has 7 heteroatoms. The van der Waals surface area contributed by atoms with Crippen LogP contribution in [0.25, 0.3) is 0 Å². The summed E-state index contributed by atoms with van der Waals surface area (Å²) in [5.41, 5.74) is 2.53. The molecule has 0 aliphatic carbocycles. The molecule has 150 valence electrons. The maximum absolute atomic E-state index is 12.3. The molecular weight excluding hydrogens is 362 g/mol. The lowest BCUT2D eigenvalue weighted by atomic mass is 10.1. The average Bonchev–Trinajstić information content (AvgIpc) is 2.72. The molecule has 7 nitrogen and oxygen atoms in total. The van der Waals surface area contributed by atoms with Crippen molar-refractivity contribution in [1.29, 1.82) is 0 Å². The highest BCUT2D eigenvalue weighted by molar-refractivity contribution is 5.92. The van der Waals surface area contributed by atoms with Gasteiger partial charge in [-0.3, -0.25) is 4.79 Å². The lowest BCUT2D eigenvalue weighted by molar-refractivity contribution is -0.124. The highest BCUT2D eigenvalue weighted by Crippen LogP contribution is 2.38. The Labute approximate surface area is 164 Å². The number of amides is 1. The highest BCUT2D eigenvalue weighted by atomic mass is 16.5. The first-order chi connectivity index (χ1) is 13.5. The molecule has 0 heterocycles. The van der Waals surface area contributed by atoms with Crippen molar-refractivity contribution >= 4 is 11.9 Å². The van der Waals surface area contributed by atoms with Crippen LogP contribution in [-0.2, 0) is 16.0 Å². The van der Waals surface area contributed by atoms with Crippen molar-refractivity contribution in [2.75, 3.05) is 34.5 Å². The van der Waals surface area contributed by atoms with Gasteiger partial charge >= 0.3 is 5.97 Å². The van der Waals surface area contributed by atoms with Crippen molar-refractivity contribution in [2.24, 2.45) is 0 Å². The summed E-state index contributed by atoms with van der Waals surface area (Å²) in [5, 5.41) is 2.74. The Bertz CT molecular complexity index is 808. The Balaban J connectivity index is 1.89. The van der Waals surface area contributed by atoms with Crippen LogP contribution in [0.1, 0.15) is 21.5 Å². The summed E-state index contributed by atoms with van der Waals surface area (Å²) in [4.78, 5) is 24.2. The molecule has 0 saturated heterocycles. The predicted octanol–water partition coefficient (Wildman–Crippen LogP) is 2.54. The minimum Gasteiger partial charge on any atom is -0.493 e. The van der Waals surface area contributed by atoms with Crippen molar-refractivity contribution in [3.05, 3.63) is 53.1 Å². The quantitative estimate of drug-likeness (QED) is 0.666. The second kappa shape index (κ2) is 10.2. The van der Waals surface area contributed by atoms with E-state index in [4.69, 9.17) is 18.9 Å². The smallest absolute Gasteiger partial charge is 0.338 e. The molecule has 2 rings (SSSR count). The summed E-state index contributed by atoms with van der Waals surface area (Å²) in [7, 11) is 4.38. The predicted molar refractivity (Wildman–Crippen MR) is 104 cm³/mol. The normalized spacial score (nSPS) is 10.1. The highest BCUT2D eigenvalue weighted by Gasteiger charge is 2.18. The molecule has 2 aromatic carbocycles. The molecule has 0 unspecified atom stereocenters. The van der Waals surface area contributed by atoms with Crippen LogP contribution in [0.15, 0.2) is 36.4 Å². The molecule has 1 amide bonds. The van der Waals surface area contributed by atoms with E-state index in [1.54, 1.807) is 0 Å². The molecule has 0 radical (unpaired) electrons. The van der Waals surface area contributed by atoms with E-state index in [1.807, 2.05) is 31.2 Å². The van der Waals surface area contributed by atoms with Crippen LogP contribution >= 0.6 is 0 Å². The first-order valence-corrected chi connectivity index (χ1v) is 8.78. The van der Waals surface area contributed by atoms with Gasteiger partial charge < -0.3 is 24.3 Å². The van der Waals surface area contributed by atoms with Crippen LogP contribution in [0.2, 0.25) is 0 Å². The summed E-state index contributed by atoms with van der Waals surface area (Å²) in [6.45, 7) is 2.12. The minimum absolute atomic E-state index is 0.196. The van der Waals surface area contributed by atoms with Crippen LogP contribution in [-0.4, -0.2) is 46.4 Å². The van der Waals surface area contributed by atoms with Gasteiger partial charge in [-0.1, -0.05) is 24.3 Å². The van der Waals surface area contributed by atoms with Gasteiger partial charge in [0, 0.05) is 6.54 Å². The van der Waals surface area contributed by atoms with E-state index in [0.717, 1.165) is 5.56 Å². The van der Waals surface area contributed by atoms with E-state index >= 15 is 0 Å². The molecule has 28 heavy (non-hydrogen) atoms. The third-order valence-corrected chi connectivity index (χ3v) is 4.21. The van der Waals surface area contributed by atoms with Gasteiger partial charge in [0.1, 0.15) is 0 Å². The Morgan fingerprint density at radius 3 is 2.18 bits per heavy atom. The maximum Gasteiger partial charge on any atom is 0.338 e. The first-order valence-electron chi connectivity index (χ1n) is 8.78. The fraction of sp³-hybridized carbons (Fsp3) is 0.333. The molecule has 0 spiro atoms. The number of aryl methyl sites for hydroxylation is 1. The second-order valence-electron chi connectivity index (χ2n) is 6.02. The number of methoxy groups -OCH3 is 3. The molecule has 0 aromatic heterocycles. The van der Waals surface area contributed by atoms with Gasteiger partial charge in [0.25, 0.3) is 5.91 Å². The number of benzene rings is 2. The number of ether oxygens (including phenoxy) is 4. The summed E-state index contributed by atoms with van der Waals surface area (Å²) < 4.78 is 20.7. The van der Waals surface area contributed by atoms with E-state index in [0.29, 0.717) is 30.2 Å². The first kappa shape index (κ1) is 21.1. The number of nitrogens with one attached hydrogen (secondary N) is 1. The van der Waals surface area contributed by atoms with Gasteiger partial charge in [-0.15, -0.1) is 0 Å². The lowest BCUT2D eigenvalue weighted by Crippen LogP contribution is -2.30. The fourth-order valence-corrected chi connectivity index (χ4v) is 2.69. The van der Waals surface area contributed by atoms with Gasteiger partial charge in [-0.05, 0) is 36.6 Å². The van der Waals surface area contributed by atoms with Crippen LogP contribution < -0.4 is 19.5 Å². The zero-order valence-electron chi connectivity index (χ0n) is 16.5. The van der Waals surface area contributed by atoms with E-state index in [1.165, 1.54) is 39.0 Å². The Morgan fingerprint density at radius 1 is 0.964 bits per heavy atom. The minimum atomic E-state index is -0.659. The molecule has 0 aliphatic rings. The fourth-order valence-electron chi connectivity index (χ4n) is 2.69. The third kappa shape index (κ3) is 5.39. The van der Waals surface area contributed by atoms with Crippen molar-refractivity contribution < 1.29 is 28.5 Å². The van der Waals surface area contributed by atoms with E-state index in [2.05, 4.69) is 5.32 Å². The van der Waals surface area contributed by atoms with Crippen LogP contribution in [0, 0.1) is 6.92 Å². The van der Waals surface area contributed by atoms with Gasteiger partial charge in [0.2, 0.25) is 5.75 Å². The van der Waals surface area contributed by atoms with Crippen LogP contribution in [0.4, 0.5) is 0 Å². The monoisotopic (exact) mass is 387 g/mol. The SMILES string of the molecule is COc1cc(C(=O)OCC(=O)NCCc2ccccc2C)cc(OC)c1OC. The molecule has 0 atom stereocenters. The molecule has 1 N–H and O–H groups in total. The van der Waals surface area contributed by atoms with E-state index in [9.17, 15) is 9.59 Å². The Morgan fingerprint density at radius 2 is 1.61 bits per heavy atom. The van der Waals surface area contributed by atoms with Crippen molar-refractivity contribution in [1.82, 2.24) is 5.32 Å². The summed E-state index contributed by atoms with van der Waals surface area (Å²) in [5.74, 6) is 0.00569. The van der Waals surface area contributed by atoms with E-state index in [-0.39, 0.29) is 18.1 Å². The molecule has 0 saturated carbocycles. The number of carbonyl (C=O) groups excluding carboxylic acids is 2. The van der Waals surface area contributed by atoms with E-state index < -0.39 is 5.97 Å². The number of hydrogen-bond acceptors (Lipinski definition) is 6. The third-order valence-electron chi connectivity index (χ3n) is 4.21. The summed E-state index contributed by atoms with van der Waals surface area (Å²) >= 11 is 0. The second-order valence-corrected chi connectivity index (χ2v) is 6.02. The van der Waals surface area contributed by atoms with Crippen molar-refractivity contribution in [3.8, 4) is 17.2 Å². The van der Waals surface area contributed by atoms with Crippen molar-refractivity contribution in [2.45, 2.75) is 13.3 Å². The van der Waals surface area contributed by atoms with Gasteiger partial charge in [-0.25, -0.2) is 4.79 Å². The molecule has 0 aliphatic heterocycles. The van der Waals surface area contributed by atoms with Gasteiger partial charge in [0.15, 0.2) is 18.1 Å². The molecular formula is C21H25NO6. The standard InChI is InChI=1S/C21H25NO6/c1-14-7-5-6-8-15(14)9-10-22-19(23)13-28-21(24)16-11-17(25-2)20(27-4)18(12-16)26-3/h5-8,11-12H,9-10,13H2,1-4H3,(H,22,23). The molecule has 2 aromatic rings. The summed E-state index contributed by atoms with van der Waals surface area (Å²) in [6.07, 6.45) is 0.708. The number of carbonyl (C=O) groups is 2. The zero-order valence-corrected chi connectivity index (χ0v) is 16.5.